The van der Waals surface area contributed by atoms with Gasteiger partial charge in [0.1, 0.15) is 0 Å². The van der Waals surface area contributed by atoms with Crippen molar-refractivity contribution in [1.82, 2.24) is 10.6 Å². The van der Waals surface area contributed by atoms with Crippen molar-refractivity contribution in [3.63, 3.8) is 0 Å². The fourth-order valence-corrected chi connectivity index (χ4v) is 1.22. The van der Waals surface area contributed by atoms with Crippen LogP contribution in [0.15, 0.2) is 30.3 Å². The molecule has 2 amide bonds. The van der Waals surface area contributed by atoms with Crippen molar-refractivity contribution in [2.75, 3.05) is 6.54 Å². The Kier molecular flexibility index (Phi) is 5.30. The maximum atomic E-state index is 11.3. The van der Waals surface area contributed by atoms with Gasteiger partial charge in [-0.1, -0.05) is 43.7 Å². The minimum atomic E-state index is -0.0905. The second kappa shape index (κ2) is 6.87. The van der Waals surface area contributed by atoms with E-state index in [0.717, 1.165) is 24.9 Å². The van der Waals surface area contributed by atoms with E-state index in [1.54, 1.807) is 0 Å². The Morgan fingerprint density at radius 1 is 1.20 bits per heavy atom. The van der Waals surface area contributed by atoms with Crippen molar-refractivity contribution < 1.29 is 4.79 Å². The van der Waals surface area contributed by atoms with Crippen LogP contribution in [-0.2, 0) is 6.54 Å². The van der Waals surface area contributed by atoms with Crippen LogP contribution in [0.25, 0.3) is 0 Å². The molecule has 1 aromatic rings. The summed E-state index contributed by atoms with van der Waals surface area (Å²) in [7, 11) is 0. The van der Waals surface area contributed by atoms with Crippen LogP contribution in [0.3, 0.4) is 0 Å². The quantitative estimate of drug-likeness (QED) is 0.713. The smallest absolute Gasteiger partial charge is 0.315 e. The van der Waals surface area contributed by atoms with Crippen LogP contribution in [0.5, 0.6) is 0 Å². The van der Waals surface area contributed by atoms with E-state index < -0.39 is 0 Å². The Morgan fingerprint density at radius 3 is 2.60 bits per heavy atom. The van der Waals surface area contributed by atoms with Gasteiger partial charge in [0.05, 0.1) is 0 Å². The van der Waals surface area contributed by atoms with E-state index in [-0.39, 0.29) is 6.03 Å². The van der Waals surface area contributed by atoms with Crippen molar-refractivity contribution in [3.8, 4) is 0 Å². The number of carbonyl (C=O) groups excluding carboxylic acids is 1. The highest BCUT2D eigenvalue weighted by molar-refractivity contribution is 5.73. The zero-order chi connectivity index (χ0) is 10.9. The molecule has 1 aromatic carbocycles. The number of urea groups is 1. The van der Waals surface area contributed by atoms with Crippen molar-refractivity contribution in [2.24, 2.45) is 0 Å². The molecule has 15 heavy (non-hydrogen) atoms. The lowest BCUT2D eigenvalue weighted by atomic mass is 10.2. The summed E-state index contributed by atoms with van der Waals surface area (Å²) in [5, 5.41) is 5.61. The predicted molar refractivity (Wildman–Crippen MR) is 61.6 cm³/mol. The molecule has 0 saturated heterocycles. The zero-order valence-corrected chi connectivity index (χ0v) is 9.12. The number of benzene rings is 1. The molecule has 0 unspecified atom stereocenters. The Bertz CT molecular complexity index is 285. The molecule has 0 bridgehead atoms. The van der Waals surface area contributed by atoms with Crippen LogP contribution in [0.4, 0.5) is 4.79 Å². The first-order valence-electron chi connectivity index (χ1n) is 5.38. The van der Waals surface area contributed by atoms with Crippen LogP contribution in [-0.4, -0.2) is 12.6 Å². The molecule has 0 radical (unpaired) electrons. The Hall–Kier alpha value is -1.51. The van der Waals surface area contributed by atoms with Gasteiger partial charge in [0.15, 0.2) is 0 Å². The number of nitrogens with one attached hydrogen (secondary N) is 2. The molecule has 0 saturated carbocycles. The lowest BCUT2D eigenvalue weighted by Gasteiger charge is -2.06. The summed E-state index contributed by atoms with van der Waals surface area (Å²) < 4.78 is 0. The zero-order valence-electron chi connectivity index (χ0n) is 9.12. The van der Waals surface area contributed by atoms with Crippen LogP contribution in [0.1, 0.15) is 25.3 Å². The van der Waals surface area contributed by atoms with E-state index in [2.05, 4.69) is 17.6 Å². The molecule has 2 N–H and O–H groups in total. The van der Waals surface area contributed by atoms with Crippen LogP contribution in [0, 0.1) is 0 Å². The predicted octanol–water partition coefficient (Wildman–Crippen LogP) is 2.29. The van der Waals surface area contributed by atoms with Crippen molar-refractivity contribution >= 4 is 6.03 Å². The van der Waals surface area contributed by atoms with Crippen molar-refractivity contribution in [3.05, 3.63) is 35.9 Å². The monoisotopic (exact) mass is 206 g/mol. The normalized spacial score (nSPS) is 9.67. The van der Waals surface area contributed by atoms with Gasteiger partial charge in [-0.25, -0.2) is 4.79 Å². The molecule has 3 nitrogen and oxygen atoms in total. The molecule has 0 aliphatic heterocycles. The molecular weight excluding hydrogens is 188 g/mol. The van der Waals surface area contributed by atoms with E-state index >= 15 is 0 Å². The molecule has 0 atom stereocenters. The molecule has 0 aliphatic carbocycles. The molecule has 0 heterocycles. The average Bonchev–Trinajstić information content (AvgIpc) is 2.28. The summed E-state index contributed by atoms with van der Waals surface area (Å²) in [4.78, 5) is 11.3. The van der Waals surface area contributed by atoms with Gasteiger partial charge < -0.3 is 10.6 Å². The number of amides is 2. The van der Waals surface area contributed by atoms with Crippen LogP contribution in [0.2, 0.25) is 0 Å². The molecule has 0 spiro atoms. The SMILES string of the molecule is CCCCNC(=O)NCc1ccccc1. The Morgan fingerprint density at radius 2 is 1.93 bits per heavy atom. The minimum absolute atomic E-state index is 0.0905. The van der Waals surface area contributed by atoms with Gasteiger partial charge in [0.2, 0.25) is 0 Å². The summed E-state index contributed by atoms with van der Waals surface area (Å²) in [6.45, 7) is 3.43. The van der Waals surface area contributed by atoms with E-state index in [9.17, 15) is 4.79 Å². The van der Waals surface area contributed by atoms with E-state index in [1.807, 2.05) is 30.3 Å². The fourth-order valence-electron chi connectivity index (χ4n) is 1.22. The minimum Gasteiger partial charge on any atom is -0.338 e. The van der Waals surface area contributed by atoms with Gasteiger partial charge in [0, 0.05) is 13.1 Å². The molecule has 0 aromatic heterocycles. The summed E-state index contributed by atoms with van der Waals surface area (Å²) in [6.07, 6.45) is 2.12. The Balaban J connectivity index is 2.17. The van der Waals surface area contributed by atoms with Gasteiger partial charge in [0.25, 0.3) is 0 Å². The first kappa shape index (κ1) is 11.6. The van der Waals surface area contributed by atoms with Gasteiger partial charge in [-0.05, 0) is 12.0 Å². The molecule has 1 rings (SSSR count). The average molecular weight is 206 g/mol. The maximum Gasteiger partial charge on any atom is 0.315 e. The standard InChI is InChI=1S/C12H18N2O/c1-2-3-9-13-12(15)14-10-11-7-5-4-6-8-11/h4-8H,2-3,9-10H2,1H3,(H2,13,14,15). The van der Waals surface area contributed by atoms with E-state index in [0.29, 0.717) is 6.54 Å². The van der Waals surface area contributed by atoms with E-state index in [1.165, 1.54) is 0 Å². The first-order chi connectivity index (χ1) is 7.33. The molecule has 0 fully saturated rings. The van der Waals surface area contributed by atoms with Crippen LogP contribution >= 0.6 is 0 Å². The van der Waals surface area contributed by atoms with Gasteiger partial charge >= 0.3 is 6.03 Å². The largest absolute Gasteiger partial charge is 0.338 e. The number of unbranched alkanes of at least 4 members (excludes halogenated alkanes) is 1. The molecular formula is C12H18N2O. The highest BCUT2D eigenvalue weighted by atomic mass is 16.2. The molecule has 82 valence electrons. The number of rotatable bonds is 5. The van der Waals surface area contributed by atoms with Crippen molar-refractivity contribution in [2.45, 2.75) is 26.3 Å². The highest BCUT2D eigenvalue weighted by Gasteiger charge is 1.98. The van der Waals surface area contributed by atoms with Crippen molar-refractivity contribution in [1.29, 1.82) is 0 Å². The highest BCUT2D eigenvalue weighted by Crippen LogP contribution is 1.96. The number of hydrogen-bond donors (Lipinski definition) is 2. The second-order valence-corrected chi connectivity index (χ2v) is 3.45. The number of carbonyl (C=O) groups is 1. The van der Waals surface area contributed by atoms with Gasteiger partial charge in [-0.2, -0.15) is 0 Å². The summed E-state index contributed by atoms with van der Waals surface area (Å²) in [5.41, 5.74) is 1.11. The third-order valence-corrected chi connectivity index (χ3v) is 2.11. The summed E-state index contributed by atoms with van der Waals surface area (Å²) in [5.74, 6) is 0. The second-order valence-electron chi connectivity index (χ2n) is 3.45. The molecule has 0 aliphatic rings. The topological polar surface area (TPSA) is 41.1 Å². The van der Waals surface area contributed by atoms with Crippen LogP contribution < -0.4 is 10.6 Å². The van der Waals surface area contributed by atoms with E-state index in [4.69, 9.17) is 0 Å². The van der Waals surface area contributed by atoms with Gasteiger partial charge in [-0.3, -0.25) is 0 Å². The fraction of sp³-hybridized carbons (Fsp3) is 0.417. The first-order valence-corrected chi connectivity index (χ1v) is 5.38. The number of hydrogen-bond acceptors (Lipinski definition) is 1. The van der Waals surface area contributed by atoms with Gasteiger partial charge in [-0.15, -0.1) is 0 Å². The summed E-state index contributed by atoms with van der Waals surface area (Å²) in [6, 6.07) is 9.79. The third kappa shape index (κ3) is 5.05. The lowest BCUT2D eigenvalue weighted by molar-refractivity contribution is 0.240. The molecule has 3 heteroatoms. The maximum absolute atomic E-state index is 11.3. The summed E-state index contributed by atoms with van der Waals surface area (Å²) >= 11 is 0. The Labute approximate surface area is 90.9 Å². The third-order valence-electron chi connectivity index (χ3n) is 2.11. The lowest BCUT2D eigenvalue weighted by Crippen LogP contribution is -2.35.